The number of carbonyl (C=O) groups is 1. The Kier molecular flexibility index (Phi) is 3.97. The van der Waals surface area contributed by atoms with Crippen molar-refractivity contribution in [1.82, 2.24) is 0 Å². The number of sulfonamides is 2. The molecule has 0 spiro atoms. The minimum atomic E-state index is -4.19. The van der Waals surface area contributed by atoms with E-state index >= 15 is 0 Å². The lowest BCUT2D eigenvalue weighted by atomic mass is 9.70. The van der Waals surface area contributed by atoms with Gasteiger partial charge in [0, 0.05) is 22.8 Å². The second kappa shape index (κ2) is 5.26. The first-order valence-corrected chi connectivity index (χ1v) is 11.4. The van der Waals surface area contributed by atoms with Gasteiger partial charge in [0.2, 0.25) is 0 Å². The molecule has 0 aromatic carbocycles. The molecule has 2 bridgehead atoms. The number of carbonyl (C=O) groups excluding carboxylic acids is 1. The van der Waals surface area contributed by atoms with Gasteiger partial charge in [-0.05, 0) is 37.0 Å². The average Bonchev–Trinajstić information content (AvgIpc) is 3.04. The molecule has 132 valence electrons. The number of hydrogen-bond acceptors (Lipinski definition) is 5. The predicted molar refractivity (Wildman–Crippen MR) is 86.9 cm³/mol. The minimum absolute atomic E-state index is 0.0456. The molecule has 3 aliphatic rings. The molecule has 0 aromatic rings. The fourth-order valence-corrected chi connectivity index (χ4v) is 9.04. The molecule has 3 saturated carbocycles. The Labute approximate surface area is 138 Å². The molecule has 8 heteroatoms. The summed E-state index contributed by atoms with van der Waals surface area (Å²) in [7, 11) is -8.20. The van der Waals surface area contributed by atoms with Crippen molar-refractivity contribution in [3.8, 4) is 0 Å². The molecule has 0 heterocycles. The summed E-state index contributed by atoms with van der Waals surface area (Å²) >= 11 is 0. The van der Waals surface area contributed by atoms with Crippen molar-refractivity contribution in [2.24, 2.45) is 16.7 Å². The minimum Gasteiger partial charge on any atom is -0.436 e. The Hall–Kier alpha value is -0.470. The van der Waals surface area contributed by atoms with Gasteiger partial charge in [0.25, 0.3) is 0 Å². The summed E-state index contributed by atoms with van der Waals surface area (Å²) in [6.45, 7) is 3.85. The Bertz CT molecular complexity index is 719. The van der Waals surface area contributed by atoms with Crippen LogP contribution in [0.25, 0.3) is 4.13 Å². The summed E-state index contributed by atoms with van der Waals surface area (Å²) in [6.07, 6.45) is 4.26. The number of hydrogen-bond donors (Lipinski definition) is 0. The first-order valence-electron chi connectivity index (χ1n) is 8.24. The van der Waals surface area contributed by atoms with E-state index in [1.54, 1.807) is 0 Å². The van der Waals surface area contributed by atoms with E-state index < -0.39 is 41.9 Å². The standard InChI is InChI=1S/C15H24NO5S2/c1-14(2)11-7-8-15(14,13(17)9-11)10-22(18,19)16-23(20,21)12-5-3-4-6-12/h11-12H,3-10H2,1-2H3/q-1. The van der Waals surface area contributed by atoms with Crippen LogP contribution in [0.15, 0.2) is 0 Å². The van der Waals surface area contributed by atoms with E-state index in [2.05, 4.69) is 4.13 Å². The topological polar surface area (TPSA) is 99.4 Å². The molecule has 0 saturated heterocycles. The largest absolute Gasteiger partial charge is 0.436 e. The molecule has 0 radical (unpaired) electrons. The number of nitrogens with zero attached hydrogens (tertiary/aromatic N) is 1. The summed E-state index contributed by atoms with van der Waals surface area (Å²) in [5.74, 6) is -0.318. The lowest BCUT2D eigenvalue weighted by molar-refractivity contribution is -0.128. The number of fused-ring (bicyclic) bond motifs is 2. The van der Waals surface area contributed by atoms with Gasteiger partial charge in [-0.3, -0.25) is 4.79 Å². The van der Waals surface area contributed by atoms with Gasteiger partial charge in [-0.1, -0.05) is 26.7 Å². The molecule has 3 aliphatic carbocycles. The molecule has 0 aliphatic heterocycles. The van der Waals surface area contributed by atoms with Crippen molar-refractivity contribution in [2.75, 3.05) is 5.75 Å². The highest BCUT2D eigenvalue weighted by Gasteiger charge is 2.64. The average molecular weight is 362 g/mol. The molecule has 0 aromatic heterocycles. The van der Waals surface area contributed by atoms with Crippen LogP contribution in [0.4, 0.5) is 0 Å². The normalized spacial score (nSPS) is 34.3. The fourth-order valence-electron chi connectivity index (χ4n) is 4.85. The zero-order valence-electron chi connectivity index (χ0n) is 13.6. The van der Waals surface area contributed by atoms with E-state index in [9.17, 15) is 21.6 Å². The maximum atomic E-state index is 12.5. The van der Waals surface area contributed by atoms with Crippen molar-refractivity contribution in [3.63, 3.8) is 0 Å². The lowest BCUT2D eigenvalue weighted by Gasteiger charge is -2.38. The van der Waals surface area contributed by atoms with Crippen molar-refractivity contribution in [3.05, 3.63) is 4.13 Å². The van der Waals surface area contributed by atoms with Crippen molar-refractivity contribution >= 4 is 25.8 Å². The zero-order valence-corrected chi connectivity index (χ0v) is 15.2. The summed E-state index contributed by atoms with van der Waals surface area (Å²) in [4.78, 5) is 12.4. The molecule has 0 amide bonds. The number of ketones is 1. The Morgan fingerprint density at radius 3 is 2.17 bits per heavy atom. The molecule has 23 heavy (non-hydrogen) atoms. The van der Waals surface area contributed by atoms with Crippen LogP contribution in [-0.2, 0) is 24.8 Å². The predicted octanol–water partition coefficient (Wildman–Crippen LogP) is 2.36. The molecule has 2 unspecified atom stereocenters. The van der Waals surface area contributed by atoms with Crippen LogP contribution >= 0.6 is 0 Å². The maximum absolute atomic E-state index is 12.5. The highest BCUT2D eigenvalue weighted by atomic mass is 32.3. The second-order valence-corrected chi connectivity index (χ2v) is 11.6. The molecular weight excluding hydrogens is 338 g/mol. The fraction of sp³-hybridized carbons (Fsp3) is 0.933. The van der Waals surface area contributed by atoms with E-state index in [0.717, 1.165) is 19.3 Å². The molecular formula is C15H24NO5S2-. The van der Waals surface area contributed by atoms with Gasteiger partial charge in [-0.15, -0.1) is 0 Å². The lowest BCUT2D eigenvalue weighted by Crippen LogP contribution is -2.42. The van der Waals surface area contributed by atoms with E-state index in [1.807, 2.05) is 13.8 Å². The highest BCUT2D eigenvalue weighted by Crippen LogP contribution is 2.64. The Morgan fingerprint density at radius 1 is 1.09 bits per heavy atom. The first kappa shape index (κ1) is 17.4. The van der Waals surface area contributed by atoms with Crippen molar-refractivity contribution < 1.29 is 21.6 Å². The highest BCUT2D eigenvalue weighted by molar-refractivity contribution is 8.12. The maximum Gasteiger partial charge on any atom is 0.140 e. The summed E-state index contributed by atoms with van der Waals surface area (Å²) < 4.78 is 52.7. The van der Waals surface area contributed by atoms with Gasteiger partial charge in [0.1, 0.15) is 5.78 Å². The van der Waals surface area contributed by atoms with Crippen LogP contribution in [0.2, 0.25) is 0 Å². The summed E-state index contributed by atoms with van der Waals surface area (Å²) in [5.41, 5.74) is -1.38. The van der Waals surface area contributed by atoms with Gasteiger partial charge >= 0.3 is 0 Å². The Balaban J connectivity index is 1.83. The van der Waals surface area contributed by atoms with Gasteiger partial charge in [-0.2, -0.15) is 0 Å². The summed E-state index contributed by atoms with van der Waals surface area (Å²) in [5, 5.41) is -0.682. The second-order valence-electron chi connectivity index (χ2n) is 7.89. The quantitative estimate of drug-likeness (QED) is 0.747. The van der Waals surface area contributed by atoms with Gasteiger partial charge < -0.3 is 4.13 Å². The molecule has 2 atom stereocenters. The van der Waals surface area contributed by atoms with Crippen molar-refractivity contribution in [2.45, 2.75) is 64.0 Å². The van der Waals surface area contributed by atoms with Crippen LogP contribution < -0.4 is 0 Å². The van der Waals surface area contributed by atoms with E-state index in [1.165, 1.54) is 0 Å². The van der Waals surface area contributed by atoms with E-state index in [-0.39, 0.29) is 11.7 Å². The Morgan fingerprint density at radius 2 is 1.70 bits per heavy atom. The first-order chi connectivity index (χ1) is 10.5. The zero-order chi connectivity index (χ0) is 17.1. The van der Waals surface area contributed by atoms with Gasteiger partial charge in [0.15, 0.2) is 0 Å². The van der Waals surface area contributed by atoms with E-state index in [4.69, 9.17) is 0 Å². The smallest absolute Gasteiger partial charge is 0.140 e. The van der Waals surface area contributed by atoms with Crippen molar-refractivity contribution in [1.29, 1.82) is 0 Å². The van der Waals surface area contributed by atoms with Gasteiger partial charge in [-0.25, -0.2) is 16.8 Å². The molecule has 3 fully saturated rings. The van der Waals surface area contributed by atoms with Crippen LogP contribution in [0.5, 0.6) is 0 Å². The number of rotatable bonds is 5. The van der Waals surface area contributed by atoms with Gasteiger partial charge in [0.05, 0.1) is 20.0 Å². The van der Waals surface area contributed by atoms with E-state index in [0.29, 0.717) is 25.7 Å². The SMILES string of the molecule is CC1(C)C2CCC1(CS(=O)(=O)[N-]S(=O)(=O)C1CCCC1)C(=O)C2. The molecule has 6 nitrogen and oxygen atoms in total. The third-order valence-electron chi connectivity index (χ3n) is 6.51. The monoisotopic (exact) mass is 362 g/mol. The third kappa shape index (κ3) is 2.66. The van der Waals surface area contributed by atoms with Crippen LogP contribution in [0.1, 0.15) is 58.8 Å². The number of Topliss-reactive ketones (excluding diaryl/α,β-unsaturated/α-hetero) is 1. The molecule has 0 N–H and O–H groups in total. The summed E-state index contributed by atoms with van der Waals surface area (Å²) in [6, 6.07) is 0. The van der Waals surface area contributed by atoms with Crippen LogP contribution in [0, 0.1) is 16.7 Å². The molecule has 3 rings (SSSR count). The third-order valence-corrected chi connectivity index (χ3v) is 10.4. The van der Waals surface area contributed by atoms with Crippen LogP contribution in [0.3, 0.4) is 0 Å². The van der Waals surface area contributed by atoms with Crippen LogP contribution in [-0.4, -0.2) is 33.6 Å².